The SMILES string of the molecule is CCCCCCN(CCCCCC)CCS(=O)(=O)c1ccc(N=Nc2c(C)cc3cc(S(=O)(=O)O)c(N=Nc4ccc(S(=O)(=O)CCN(CCCCCC)CCCCCC)cc4)c(O)c3c2N)cc1. The third kappa shape index (κ3) is 18.1. The number of phenols is 1. The van der Waals surface area contributed by atoms with Crippen molar-refractivity contribution in [3.63, 3.8) is 0 Å². The molecule has 0 atom stereocenters. The summed E-state index contributed by atoms with van der Waals surface area (Å²) in [5, 5.41) is 28.5. The van der Waals surface area contributed by atoms with Crippen LogP contribution >= 0.6 is 0 Å². The Morgan fingerprint density at radius 3 is 1.25 bits per heavy atom. The predicted octanol–water partition coefficient (Wildman–Crippen LogP) is 13.0. The van der Waals surface area contributed by atoms with E-state index in [2.05, 4.69) is 58.0 Å². The number of phenolic OH excluding ortho intramolecular Hbond substituents is 1. The van der Waals surface area contributed by atoms with Gasteiger partial charge >= 0.3 is 0 Å². The molecule has 4 rings (SSSR count). The quantitative estimate of drug-likeness (QED) is 0.0176. The van der Waals surface area contributed by atoms with Crippen LogP contribution in [-0.4, -0.2) is 95.5 Å². The number of unbranched alkanes of at least 4 members (excludes halogenated alkanes) is 12. The van der Waals surface area contributed by atoms with Crippen molar-refractivity contribution in [3.05, 3.63) is 66.2 Å². The van der Waals surface area contributed by atoms with Gasteiger partial charge in [-0.05, 0) is 130 Å². The Hall–Kier alpha value is -4.33. The van der Waals surface area contributed by atoms with Gasteiger partial charge in [0.25, 0.3) is 10.1 Å². The number of hydrogen-bond acceptors (Lipinski definition) is 14. The molecule has 0 unspecified atom stereocenters. The second kappa shape index (κ2) is 28.5. The highest BCUT2D eigenvalue weighted by Gasteiger charge is 2.25. The molecule has 0 aromatic heterocycles. The number of fused-ring (bicyclic) bond motifs is 1. The molecule has 15 nitrogen and oxygen atoms in total. The number of anilines is 1. The maximum Gasteiger partial charge on any atom is 0.296 e. The van der Waals surface area contributed by atoms with Crippen LogP contribution in [0.1, 0.15) is 136 Å². The Bertz CT molecular complexity index is 2600. The van der Waals surface area contributed by atoms with Gasteiger partial charge in [-0.25, -0.2) is 16.8 Å². The molecule has 382 valence electrons. The Morgan fingerprint density at radius 1 is 0.507 bits per heavy atom. The second-order valence-corrected chi connectivity index (χ2v) is 23.7. The molecule has 0 aliphatic heterocycles. The van der Waals surface area contributed by atoms with Crippen molar-refractivity contribution < 1.29 is 34.9 Å². The number of aryl methyl sites for hydroxylation is 1. The molecule has 0 spiro atoms. The molecule has 0 aliphatic carbocycles. The van der Waals surface area contributed by atoms with Gasteiger partial charge in [-0.15, -0.1) is 10.2 Å². The van der Waals surface area contributed by atoms with Gasteiger partial charge in [-0.1, -0.05) is 105 Å². The Balaban J connectivity index is 1.53. The van der Waals surface area contributed by atoms with Crippen molar-refractivity contribution in [1.82, 2.24) is 9.80 Å². The van der Waals surface area contributed by atoms with Crippen molar-refractivity contribution >= 4 is 69.0 Å². The van der Waals surface area contributed by atoms with E-state index in [1.54, 1.807) is 19.1 Å². The average molecular weight is 1010 g/mol. The van der Waals surface area contributed by atoms with Crippen molar-refractivity contribution in [2.45, 2.75) is 152 Å². The molecular formula is C51H77N7O8S3. The smallest absolute Gasteiger partial charge is 0.296 e. The van der Waals surface area contributed by atoms with Gasteiger partial charge in [0.1, 0.15) is 16.3 Å². The Labute approximate surface area is 412 Å². The highest BCUT2D eigenvalue weighted by Crippen LogP contribution is 2.47. The monoisotopic (exact) mass is 1010 g/mol. The topological polar surface area (TPSA) is 225 Å². The molecule has 0 saturated heterocycles. The Morgan fingerprint density at radius 2 is 0.884 bits per heavy atom. The lowest BCUT2D eigenvalue weighted by molar-refractivity contribution is 0.274. The zero-order valence-electron chi connectivity index (χ0n) is 41.6. The second-order valence-electron chi connectivity index (χ2n) is 18.1. The van der Waals surface area contributed by atoms with E-state index in [1.165, 1.54) is 55.3 Å². The summed E-state index contributed by atoms with van der Waals surface area (Å²) in [5.41, 5.74) is 7.05. The molecule has 4 N–H and O–H groups in total. The Kier molecular flexibility index (Phi) is 23.6. The largest absolute Gasteiger partial charge is 0.505 e. The van der Waals surface area contributed by atoms with Gasteiger partial charge in [0.2, 0.25) is 0 Å². The fourth-order valence-electron chi connectivity index (χ4n) is 8.22. The van der Waals surface area contributed by atoms with Gasteiger partial charge in [0.15, 0.2) is 25.4 Å². The lowest BCUT2D eigenvalue weighted by atomic mass is 10.0. The summed E-state index contributed by atoms with van der Waals surface area (Å²) in [4.78, 5) is 4.07. The summed E-state index contributed by atoms with van der Waals surface area (Å²) in [6.07, 6.45) is 17.8. The van der Waals surface area contributed by atoms with E-state index < -0.39 is 46.1 Å². The fraction of sp³-hybridized carbons (Fsp3) is 0.569. The summed E-state index contributed by atoms with van der Waals surface area (Å²) in [7, 11) is -12.2. The summed E-state index contributed by atoms with van der Waals surface area (Å²) in [6, 6.07) is 14.4. The lowest BCUT2D eigenvalue weighted by Gasteiger charge is -2.22. The standard InChI is InChI=1S/C51H77N7O8S3/c1-6-10-14-18-30-57(31-19-15-11-7-2)34-36-67(60,61)44-26-22-42(23-27-44)53-55-49-40(5)38-41-39-46(69(64,65)66)50(51(59)47(41)48(49)52)56-54-43-24-28-45(29-25-43)68(62,63)37-35-58(32-20-16-12-8-3)33-21-17-13-9-4/h22-29,38-39,59H,6-21,30-37,52H2,1-5H3,(H,64,65,66). The molecule has 0 heterocycles. The van der Waals surface area contributed by atoms with Crippen LogP contribution in [0.5, 0.6) is 5.75 Å². The first-order valence-corrected chi connectivity index (χ1v) is 29.7. The summed E-state index contributed by atoms with van der Waals surface area (Å²) in [6.45, 7) is 14.7. The number of azo groups is 2. The van der Waals surface area contributed by atoms with Crippen molar-refractivity contribution in [2.75, 3.05) is 56.5 Å². The number of nitrogens with zero attached hydrogens (tertiary/aromatic N) is 6. The van der Waals surface area contributed by atoms with Crippen LogP contribution in [0.25, 0.3) is 10.8 Å². The first-order valence-electron chi connectivity index (χ1n) is 25.0. The zero-order chi connectivity index (χ0) is 50.5. The molecule has 18 heteroatoms. The number of nitrogens with two attached hydrogens (primary N) is 1. The highest BCUT2D eigenvalue weighted by atomic mass is 32.2. The maximum atomic E-state index is 13.4. The van der Waals surface area contributed by atoms with E-state index in [9.17, 15) is 34.9 Å². The summed E-state index contributed by atoms with van der Waals surface area (Å²) >= 11 is 0. The molecule has 69 heavy (non-hydrogen) atoms. The number of aromatic hydroxyl groups is 1. The highest BCUT2D eigenvalue weighted by molar-refractivity contribution is 7.91. The average Bonchev–Trinajstić information content (AvgIpc) is 3.31. The van der Waals surface area contributed by atoms with Crippen molar-refractivity contribution in [3.8, 4) is 5.75 Å². The maximum absolute atomic E-state index is 13.4. The van der Waals surface area contributed by atoms with Crippen LogP contribution in [0.15, 0.2) is 95.8 Å². The fourth-order valence-corrected chi connectivity index (χ4v) is 11.4. The summed E-state index contributed by atoms with van der Waals surface area (Å²) in [5.74, 6) is -0.739. The molecule has 0 saturated carbocycles. The normalized spacial score (nSPS) is 12.8. The number of rotatable bonds is 33. The van der Waals surface area contributed by atoms with E-state index in [1.807, 2.05) is 0 Å². The number of sulfone groups is 2. The van der Waals surface area contributed by atoms with Crippen LogP contribution in [0.4, 0.5) is 28.4 Å². The first kappa shape index (κ1) is 57.3. The van der Waals surface area contributed by atoms with Crippen LogP contribution < -0.4 is 5.73 Å². The van der Waals surface area contributed by atoms with Crippen LogP contribution in [0.3, 0.4) is 0 Å². The van der Waals surface area contributed by atoms with Crippen LogP contribution in [0.2, 0.25) is 0 Å². The minimum Gasteiger partial charge on any atom is -0.505 e. The van der Waals surface area contributed by atoms with E-state index >= 15 is 0 Å². The van der Waals surface area contributed by atoms with Crippen molar-refractivity contribution in [1.29, 1.82) is 0 Å². The van der Waals surface area contributed by atoms with E-state index in [4.69, 9.17) is 5.73 Å². The molecule has 0 amide bonds. The lowest BCUT2D eigenvalue weighted by Crippen LogP contribution is -2.31. The molecule has 0 aliphatic rings. The molecule has 0 bridgehead atoms. The first-order chi connectivity index (χ1) is 32.9. The van der Waals surface area contributed by atoms with E-state index in [0.29, 0.717) is 24.3 Å². The molecule has 4 aromatic carbocycles. The number of benzene rings is 4. The molecular weight excluding hydrogens is 935 g/mol. The van der Waals surface area contributed by atoms with Crippen LogP contribution in [0, 0.1) is 6.92 Å². The van der Waals surface area contributed by atoms with Gasteiger partial charge in [-0.3, -0.25) is 4.55 Å². The third-order valence-corrected chi connectivity index (χ3v) is 16.7. The van der Waals surface area contributed by atoms with Crippen molar-refractivity contribution in [2.24, 2.45) is 20.5 Å². The number of hydrogen-bond donors (Lipinski definition) is 3. The molecule has 0 radical (unpaired) electrons. The van der Waals surface area contributed by atoms with Gasteiger partial charge < -0.3 is 20.6 Å². The minimum atomic E-state index is -4.95. The number of nitrogen functional groups attached to an aromatic ring is 1. The van der Waals surface area contributed by atoms with Gasteiger partial charge in [-0.2, -0.15) is 18.6 Å². The summed E-state index contributed by atoms with van der Waals surface area (Å²) < 4.78 is 89.2. The molecule has 0 fully saturated rings. The van der Waals surface area contributed by atoms with E-state index in [0.717, 1.165) is 122 Å². The van der Waals surface area contributed by atoms with Gasteiger partial charge in [0.05, 0.1) is 43.7 Å². The minimum absolute atomic E-state index is 0.00103. The van der Waals surface area contributed by atoms with E-state index in [-0.39, 0.29) is 49.1 Å². The molecule has 4 aromatic rings. The predicted molar refractivity (Wildman–Crippen MR) is 279 cm³/mol. The van der Waals surface area contributed by atoms with Crippen LogP contribution in [-0.2, 0) is 29.8 Å². The van der Waals surface area contributed by atoms with Gasteiger partial charge in [0, 0.05) is 13.1 Å². The third-order valence-electron chi connectivity index (χ3n) is 12.4. The zero-order valence-corrected chi connectivity index (χ0v) is 44.0.